The number of hydrogen-bond acceptors (Lipinski definition) is 6. The molecule has 140 valence electrons. The number of thiophene rings is 1. The summed E-state index contributed by atoms with van der Waals surface area (Å²) in [5.74, 6) is -2.65. The van der Waals surface area contributed by atoms with Crippen molar-refractivity contribution in [3.63, 3.8) is 0 Å². The number of hydrogen-bond donors (Lipinski definition) is 3. The van der Waals surface area contributed by atoms with Crippen LogP contribution >= 0.6 is 22.9 Å². The van der Waals surface area contributed by atoms with E-state index in [4.69, 9.17) is 22.4 Å². The lowest BCUT2D eigenvalue weighted by molar-refractivity contribution is -0.138. The summed E-state index contributed by atoms with van der Waals surface area (Å²) < 4.78 is 19.0. The maximum Gasteiger partial charge on any atom is 0.303 e. The third kappa shape index (κ3) is 7.10. The van der Waals surface area contributed by atoms with E-state index < -0.39 is 46.6 Å². The summed E-state index contributed by atoms with van der Waals surface area (Å²) in [6.07, 6.45) is -0.490. The molecule has 25 heavy (non-hydrogen) atoms. The van der Waals surface area contributed by atoms with Crippen molar-refractivity contribution < 1.29 is 23.7 Å². The minimum absolute atomic E-state index is 0.0891. The number of carbonyl (C=O) groups is 3. The lowest BCUT2D eigenvalue weighted by atomic mass is 10.0. The molecule has 1 aromatic heterocycles. The largest absolute Gasteiger partial charge is 0.481 e. The number of nitrogens with two attached hydrogens (primary N) is 1. The van der Waals surface area contributed by atoms with Gasteiger partial charge in [-0.05, 0) is 18.4 Å². The zero-order valence-corrected chi connectivity index (χ0v) is 16.1. The topological polar surface area (TPSA) is 139 Å². The van der Waals surface area contributed by atoms with E-state index in [0.717, 1.165) is 11.3 Å². The highest BCUT2D eigenvalue weighted by atomic mass is 35.5. The fourth-order valence-corrected chi connectivity index (χ4v) is 4.88. The fourth-order valence-electron chi connectivity index (χ4n) is 1.79. The highest BCUT2D eigenvalue weighted by molar-refractivity contribution is 7.94. The Bertz CT molecular complexity index is 768. The highest BCUT2D eigenvalue weighted by Crippen LogP contribution is 2.25. The zero-order chi connectivity index (χ0) is 19.2. The second kappa shape index (κ2) is 9.27. The summed E-state index contributed by atoms with van der Waals surface area (Å²) in [4.78, 5) is 34.6. The van der Waals surface area contributed by atoms with Crippen molar-refractivity contribution in [2.75, 3.05) is 0 Å². The molecule has 0 fully saturated rings. The molecule has 0 aliphatic rings. The molecule has 0 saturated heterocycles. The average Bonchev–Trinajstić information content (AvgIpc) is 2.91. The third-order valence-electron chi connectivity index (χ3n) is 2.90. The zero-order valence-electron chi connectivity index (χ0n) is 13.7. The molecule has 0 radical (unpaired) electrons. The Morgan fingerprint density at radius 2 is 2.04 bits per heavy atom. The molecule has 2 atom stereocenters. The van der Waals surface area contributed by atoms with Crippen LogP contribution in [0.15, 0.2) is 20.0 Å². The highest BCUT2D eigenvalue weighted by Gasteiger charge is 2.23. The van der Waals surface area contributed by atoms with E-state index in [9.17, 15) is 18.6 Å². The maximum absolute atomic E-state index is 13.1. The lowest BCUT2D eigenvalue weighted by Gasteiger charge is -2.13. The van der Waals surface area contributed by atoms with E-state index in [1.54, 1.807) is 0 Å². The molecular weight excluding hydrogens is 390 g/mol. The van der Waals surface area contributed by atoms with Gasteiger partial charge in [0.25, 0.3) is 5.91 Å². The van der Waals surface area contributed by atoms with Gasteiger partial charge in [-0.1, -0.05) is 25.4 Å². The molecule has 4 N–H and O–H groups in total. The SMILES string of the molecule is CC(C)C[C@H](N)C(=O)N=S(=O)(NC(=O)CCC(=O)O)c1cc(Cl)cs1. The smallest absolute Gasteiger partial charge is 0.303 e. The van der Waals surface area contributed by atoms with Gasteiger partial charge in [0.1, 0.15) is 4.21 Å². The summed E-state index contributed by atoms with van der Waals surface area (Å²) in [6, 6.07) is 0.378. The van der Waals surface area contributed by atoms with Crippen LogP contribution in [0.2, 0.25) is 5.02 Å². The quantitative estimate of drug-likeness (QED) is 0.600. The lowest BCUT2D eigenvalue weighted by Crippen LogP contribution is -2.35. The summed E-state index contributed by atoms with van der Waals surface area (Å²) in [6.45, 7) is 3.74. The van der Waals surface area contributed by atoms with Crippen molar-refractivity contribution in [3.05, 3.63) is 16.5 Å². The second-order valence-corrected chi connectivity index (χ2v) is 9.18. The first-order chi connectivity index (χ1) is 11.5. The van der Waals surface area contributed by atoms with Crippen molar-refractivity contribution >= 4 is 50.6 Å². The van der Waals surface area contributed by atoms with Crippen LogP contribution in [0.5, 0.6) is 0 Å². The van der Waals surface area contributed by atoms with Crippen molar-refractivity contribution in [1.82, 2.24) is 4.72 Å². The Labute approximate surface area is 155 Å². The molecule has 0 spiro atoms. The minimum Gasteiger partial charge on any atom is -0.481 e. The number of aliphatic carboxylic acids is 1. The molecule has 0 aliphatic carbocycles. The van der Waals surface area contributed by atoms with Gasteiger partial charge in [0.2, 0.25) is 5.91 Å². The predicted molar refractivity (Wildman–Crippen MR) is 95.6 cm³/mol. The molecule has 1 rings (SSSR count). The molecule has 1 aromatic rings. The normalized spacial score (nSPS) is 14.6. The first kappa shape index (κ1) is 21.6. The molecule has 0 saturated carbocycles. The number of carboxylic acids is 1. The van der Waals surface area contributed by atoms with Gasteiger partial charge in [0, 0.05) is 11.8 Å². The van der Waals surface area contributed by atoms with Gasteiger partial charge in [-0.3, -0.25) is 19.1 Å². The number of halogens is 1. The van der Waals surface area contributed by atoms with Crippen LogP contribution in [0.25, 0.3) is 0 Å². The monoisotopic (exact) mass is 409 g/mol. The first-order valence-electron chi connectivity index (χ1n) is 7.36. The Hall–Kier alpha value is -1.49. The van der Waals surface area contributed by atoms with Gasteiger partial charge in [0.05, 0.1) is 17.5 Å². The standard InChI is InChI=1S/C14H20ClN3O5S2/c1-8(2)5-10(16)14(22)18-25(23,13-6-9(15)7-24-13)17-11(19)3-4-12(20)21/h6-8,10H,3-5,16H2,1-2H3,(H,20,21)(H,17,18,19,22,23)/t10-,25?/m0/s1. The molecule has 11 heteroatoms. The third-order valence-corrected chi connectivity index (χ3v) is 6.54. The summed E-state index contributed by atoms with van der Waals surface area (Å²) in [7, 11) is -3.64. The number of carbonyl (C=O) groups excluding carboxylic acids is 2. The van der Waals surface area contributed by atoms with Crippen molar-refractivity contribution in [2.24, 2.45) is 16.0 Å². The number of carboxylic acid groups (broad SMARTS) is 1. The van der Waals surface area contributed by atoms with Crippen LogP contribution in [0.4, 0.5) is 0 Å². The molecule has 0 bridgehead atoms. The van der Waals surface area contributed by atoms with Gasteiger partial charge < -0.3 is 10.8 Å². The van der Waals surface area contributed by atoms with Crippen molar-refractivity contribution in [2.45, 2.75) is 43.4 Å². The fraction of sp³-hybridized carbons (Fsp3) is 0.500. The van der Waals surface area contributed by atoms with Gasteiger partial charge in [-0.2, -0.15) is 0 Å². The number of amides is 2. The average molecular weight is 410 g/mol. The molecule has 8 nitrogen and oxygen atoms in total. The number of nitrogens with zero attached hydrogens (tertiary/aromatic N) is 1. The molecule has 1 unspecified atom stereocenters. The maximum atomic E-state index is 13.1. The van der Waals surface area contributed by atoms with Gasteiger partial charge in [-0.25, -0.2) is 4.21 Å². The van der Waals surface area contributed by atoms with Gasteiger partial charge in [-0.15, -0.1) is 15.7 Å². The Morgan fingerprint density at radius 3 is 2.52 bits per heavy atom. The first-order valence-corrected chi connectivity index (χ1v) is 10.1. The minimum atomic E-state index is -3.64. The number of nitrogens with one attached hydrogen (secondary N) is 1. The summed E-state index contributed by atoms with van der Waals surface area (Å²) in [5.41, 5.74) is 5.76. The van der Waals surface area contributed by atoms with Gasteiger partial charge >= 0.3 is 5.97 Å². The van der Waals surface area contributed by atoms with Gasteiger partial charge in [0.15, 0.2) is 9.92 Å². The van der Waals surface area contributed by atoms with Crippen LogP contribution in [0, 0.1) is 5.92 Å². The summed E-state index contributed by atoms with van der Waals surface area (Å²) >= 11 is 6.78. The van der Waals surface area contributed by atoms with Crippen LogP contribution in [0.1, 0.15) is 33.1 Å². The van der Waals surface area contributed by atoms with Crippen molar-refractivity contribution in [3.8, 4) is 0 Å². The van der Waals surface area contributed by atoms with E-state index in [1.165, 1.54) is 11.4 Å². The van der Waals surface area contributed by atoms with Crippen LogP contribution < -0.4 is 10.5 Å². The van der Waals surface area contributed by atoms with E-state index >= 15 is 0 Å². The molecular formula is C14H20ClN3O5S2. The van der Waals surface area contributed by atoms with Crippen molar-refractivity contribution in [1.29, 1.82) is 0 Å². The molecule has 2 amide bonds. The molecule has 0 aliphatic heterocycles. The van der Waals surface area contributed by atoms with E-state index in [0.29, 0.717) is 6.42 Å². The van der Waals surface area contributed by atoms with E-state index in [-0.39, 0.29) is 15.1 Å². The van der Waals surface area contributed by atoms with Crippen LogP contribution in [0.3, 0.4) is 0 Å². The molecule has 1 heterocycles. The second-order valence-electron chi connectivity index (χ2n) is 5.69. The summed E-state index contributed by atoms with van der Waals surface area (Å²) in [5, 5.41) is 10.4. The van der Waals surface area contributed by atoms with E-state index in [1.807, 2.05) is 13.8 Å². The number of rotatable bonds is 8. The van der Waals surface area contributed by atoms with Crippen LogP contribution in [-0.2, 0) is 24.3 Å². The Balaban J connectivity index is 3.14. The predicted octanol–water partition coefficient (Wildman–Crippen LogP) is 2.02. The van der Waals surface area contributed by atoms with E-state index in [2.05, 4.69) is 9.08 Å². The Morgan fingerprint density at radius 1 is 1.40 bits per heavy atom. The Kier molecular flexibility index (Phi) is 8.00. The molecule has 0 aromatic carbocycles. The van der Waals surface area contributed by atoms with Crippen LogP contribution in [-0.4, -0.2) is 33.1 Å².